The highest BCUT2D eigenvalue weighted by atomic mass is 32.1. The molecule has 0 amide bonds. The molecule has 1 heterocycles. The number of aromatic nitrogens is 1. The van der Waals surface area contributed by atoms with Gasteiger partial charge in [-0.25, -0.2) is 13.8 Å². The molecule has 0 aliphatic heterocycles. The lowest BCUT2D eigenvalue weighted by molar-refractivity contribution is 0.509. The van der Waals surface area contributed by atoms with E-state index in [9.17, 15) is 8.78 Å². The molecule has 0 bridgehead atoms. The zero-order chi connectivity index (χ0) is 15.0. The number of benzene rings is 1. The summed E-state index contributed by atoms with van der Waals surface area (Å²) < 4.78 is 26.4. The first-order valence-corrected chi connectivity index (χ1v) is 8.04. The van der Waals surface area contributed by atoms with Crippen LogP contribution in [0.4, 0.5) is 8.78 Å². The van der Waals surface area contributed by atoms with E-state index in [0.29, 0.717) is 17.5 Å². The second-order valence-electron chi connectivity index (χ2n) is 5.77. The van der Waals surface area contributed by atoms with Gasteiger partial charge >= 0.3 is 0 Å². The number of rotatable bonds is 5. The van der Waals surface area contributed by atoms with Gasteiger partial charge in [0.05, 0.1) is 5.69 Å². The van der Waals surface area contributed by atoms with Gasteiger partial charge in [-0.1, -0.05) is 13.8 Å². The quantitative estimate of drug-likeness (QED) is 0.882. The van der Waals surface area contributed by atoms with Gasteiger partial charge < -0.3 is 5.32 Å². The average molecular weight is 308 g/mol. The lowest BCUT2D eigenvalue weighted by Crippen LogP contribution is -2.15. The van der Waals surface area contributed by atoms with Gasteiger partial charge in [0.2, 0.25) is 0 Å². The molecule has 1 aliphatic rings. The zero-order valence-electron chi connectivity index (χ0n) is 12.1. The van der Waals surface area contributed by atoms with Crippen molar-refractivity contribution in [2.24, 2.45) is 0 Å². The van der Waals surface area contributed by atoms with Crippen LogP contribution in [0.3, 0.4) is 0 Å². The molecule has 0 atom stereocenters. The zero-order valence-corrected chi connectivity index (χ0v) is 12.9. The van der Waals surface area contributed by atoms with Crippen molar-refractivity contribution in [2.75, 3.05) is 0 Å². The third kappa shape index (κ3) is 3.30. The monoisotopic (exact) mass is 308 g/mol. The van der Waals surface area contributed by atoms with Gasteiger partial charge in [-0.15, -0.1) is 11.3 Å². The third-order valence-electron chi connectivity index (χ3n) is 3.57. The van der Waals surface area contributed by atoms with Crippen LogP contribution in [0.1, 0.15) is 43.2 Å². The van der Waals surface area contributed by atoms with Gasteiger partial charge in [0, 0.05) is 23.0 Å². The van der Waals surface area contributed by atoms with Crippen LogP contribution in [-0.4, -0.2) is 11.0 Å². The Morgan fingerprint density at radius 2 is 2.05 bits per heavy atom. The molecule has 1 fully saturated rings. The number of hydrogen-bond donors (Lipinski definition) is 1. The van der Waals surface area contributed by atoms with E-state index in [4.69, 9.17) is 0 Å². The van der Waals surface area contributed by atoms with Gasteiger partial charge in [0.1, 0.15) is 5.01 Å². The Balaban J connectivity index is 1.90. The average Bonchev–Trinajstić information content (AvgIpc) is 3.17. The Kier molecular flexibility index (Phi) is 4.04. The second-order valence-corrected chi connectivity index (χ2v) is 6.85. The first-order chi connectivity index (χ1) is 10.0. The Morgan fingerprint density at radius 1 is 1.29 bits per heavy atom. The highest BCUT2D eigenvalue weighted by molar-refractivity contribution is 7.15. The van der Waals surface area contributed by atoms with E-state index in [-0.39, 0.29) is 0 Å². The summed E-state index contributed by atoms with van der Waals surface area (Å²) in [5, 5.41) is 4.24. The second kappa shape index (κ2) is 5.81. The van der Waals surface area contributed by atoms with Crippen LogP contribution in [0.25, 0.3) is 10.6 Å². The predicted octanol–water partition coefficient (Wildman–Crippen LogP) is 4.46. The van der Waals surface area contributed by atoms with Crippen LogP contribution >= 0.6 is 11.3 Å². The molecule has 1 saturated carbocycles. The van der Waals surface area contributed by atoms with E-state index in [2.05, 4.69) is 24.1 Å². The van der Waals surface area contributed by atoms with E-state index in [1.165, 1.54) is 23.8 Å². The molecule has 112 valence electrons. The number of halogens is 2. The Hall–Kier alpha value is -1.33. The maximum atomic E-state index is 13.4. The summed E-state index contributed by atoms with van der Waals surface area (Å²) in [5.41, 5.74) is 1.69. The van der Waals surface area contributed by atoms with Crippen molar-refractivity contribution in [3.8, 4) is 10.6 Å². The standard InChI is InChI=1S/C16H18F2N2S/c1-9(2)15-14(8-19-11-4-5-11)21-16(20-15)10-3-6-12(17)13(18)7-10/h3,6-7,9,11,19H,4-5,8H2,1-2H3. The fourth-order valence-corrected chi connectivity index (χ4v) is 3.38. The molecule has 0 radical (unpaired) electrons. The maximum Gasteiger partial charge on any atom is 0.159 e. The van der Waals surface area contributed by atoms with Gasteiger partial charge in [0.25, 0.3) is 0 Å². The number of hydrogen-bond acceptors (Lipinski definition) is 3. The minimum absolute atomic E-state index is 0.316. The molecule has 1 aromatic heterocycles. The number of nitrogens with one attached hydrogen (secondary N) is 1. The summed E-state index contributed by atoms with van der Waals surface area (Å²) in [6.45, 7) is 5.01. The number of thiazole rings is 1. The molecule has 0 saturated heterocycles. The smallest absolute Gasteiger partial charge is 0.159 e. The molecule has 3 rings (SSSR count). The normalized spacial score (nSPS) is 14.9. The Bertz CT molecular complexity index is 648. The minimum Gasteiger partial charge on any atom is -0.309 e. The van der Waals surface area contributed by atoms with E-state index >= 15 is 0 Å². The van der Waals surface area contributed by atoms with Crippen LogP contribution in [0.5, 0.6) is 0 Å². The van der Waals surface area contributed by atoms with Gasteiger partial charge in [-0.2, -0.15) is 0 Å². The van der Waals surface area contributed by atoms with Gasteiger partial charge in [0.15, 0.2) is 11.6 Å². The van der Waals surface area contributed by atoms with Crippen molar-refractivity contribution < 1.29 is 8.78 Å². The summed E-state index contributed by atoms with van der Waals surface area (Å²) in [5.74, 6) is -1.34. The molecule has 5 heteroatoms. The van der Waals surface area contributed by atoms with Crippen molar-refractivity contribution in [1.29, 1.82) is 0 Å². The lowest BCUT2D eigenvalue weighted by Gasteiger charge is -2.05. The highest BCUT2D eigenvalue weighted by Gasteiger charge is 2.22. The van der Waals surface area contributed by atoms with Crippen LogP contribution < -0.4 is 5.32 Å². The van der Waals surface area contributed by atoms with Crippen molar-refractivity contribution in [3.05, 3.63) is 40.4 Å². The van der Waals surface area contributed by atoms with Crippen molar-refractivity contribution >= 4 is 11.3 Å². The summed E-state index contributed by atoms with van der Waals surface area (Å²) in [6.07, 6.45) is 2.48. The minimum atomic E-state index is -0.827. The molecular formula is C16H18F2N2S. The van der Waals surface area contributed by atoms with Crippen LogP contribution in [-0.2, 0) is 6.54 Å². The Labute approximate surface area is 127 Å². The summed E-state index contributed by atoms with van der Waals surface area (Å²) in [6, 6.07) is 4.60. The Morgan fingerprint density at radius 3 is 2.67 bits per heavy atom. The molecule has 0 spiro atoms. The van der Waals surface area contributed by atoms with Gasteiger partial charge in [-0.05, 0) is 37.0 Å². The first kappa shape index (κ1) is 14.6. The molecule has 2 nitrogen and oxygen atoms in total. The van der Waals surface area contributed by atoms with E-state index in [1.807, 2.05) is 0 Å². The van der Waals surface area contributed by atoms with Crippen LogP contribution in [0.15, 0.2) is 18.2 Å². The number of nitrogens with zero attached hydrogens (tertiary/aromatic N) is 1. The largest absolute Gasteiger partial charge is 0.309 e. The third-order valence-corrected chi connectivity index (χ3v) is 4.69. The van der Waals surface area contributed by atoms with Crippen molar-refractivity contribution in [3.63, 3.8) is 0 Å². The molecule has 2 aromatic rings. The SMILES string of the molecule is CC(C)c1nc(-c2ccc(F)c(F)c2)sc1CNC1CC1. The molecule has 21 heavy (non-hydrogen) atoms. The summed E-state index contributed by atoms with van der Waals surface area (Å²) >= 11 is 1.56. The molecule has 1 N–H and O–H groups in total. The molecular weight excluding hydrogens is 290 g/mol. The highest BCUT2D eigenvalue weighted by Crippen LogP contribution is 2.33. The fourth-order valence-electron chi connectivity index (χ4n) is 2.22. The predicted molar refractivity (Wildman–Crippen MR) is 81.4 cm³/mol. The molecule has 1 aliphatic carbocycles. The summed E-state index contributed by atoms with van der Waals surface area (Å²) in [4.78, 5) is 5.83. The van der Waals surface area contributed by atoms with Crippen LogP contribution in [0, 0.1) is 11.6 Å². The molecule has 1 aromatic carbocycles. The maximum absolute atomic E-state index is 13.4. The first-order valence-electron chi connectivity index (χ1n) is 7.23. The lowest BCUT2D eigenvalue weighted by atomic mass is 10.1. The van der Waals surface area contributed by atoms with Gasteiger partial charge in [-0.3, -0.25) is 0 Å². The van der Waals surface area contributed by atoms with E-state index in [1.54, 1.807) is 17.4 Å². The van der Waals surface area contributed by atoms with Crippen LogP contribution in [0.2, 0.25) is 0 Å². The van der Waals surface area contributed by atoms with Crippen molar-refractivity contribution in [2.45, 2.75) is 45.2 Å². The van der Waals surface area contributed by atoms with E-state index in [0.717, 1.165) is 23.3 Å². The van der Waals surface area contributed by atoms with Crippen molar-refractivity contribution in [1.82, 2.24) is 10.3 Å². The topological polar surface area (TPSA) is 24.9 Å². The summed E-state index contributed by atoms with van der Waals surface area (Å²) in [7, 11) is 0. The van der Waals surface area contributed by atoms with E-state index < -0.39 is 11.6 Å². The fraction of sp³-hybridized carbons (Fsp3) is 0.438. The molecule has 0 unspecified atom stereocenters.